The fourth-order valence-electron chi connectivity index (χ4n) is 3.81. The van der Waals surface area contributed by atoms with Crippen molar-refractivity contribution >= 4 is 0 Å². The van der Waals surface area contributed by atoms with E-state index in [1.807, 2.05) is 0 Å². The Morgan fingerprint density at radius 1 is 0.556 bits per heavy atom. The Bertz CT molecular complexity index is 655. The monoisotopic (exact) mass is 423 g/mol. The maximum Gasteiger partial charge on any atom is 0.105 e. The molecule has 0 atom stereocenters. The lowest BCUT2D eigenvalue weighted by atomic mass is 10.1. The van der Waals surface area contributed by atoms with E-state index in [0.717, 1.165) is 24.1 Å². The van der Waals surface area contributed by atoms with Crippen LogP contribution in [0, 0.1) is 0 Å². The number of quaternary nitrogens is 1. The van der Waals surface area contributed by atoms with E-state index in [2.05, 4.69) is 97.9 Å². The molecule has 0 aliphatic rings. The summed E-state index contributed by atoms with van der Waals surface area (Å²) in [7, 11) is 0. The van der Waals surface area contributed by atoms with Gasteiger partial charge in [-0.15, -0.1) is 0 Å². The van der Waals surface area contributed by atoms with Crippen LogP contribution in [0.3, 0.4) is 0 Å². The van der Waals surface area contributed by atoms with E-state index in [1.165, 1.54) is 36.1 Å². The van der Waals surface area contributed by atoms with Gasteiger partial charge in [0.1, 0.15) is 19.6 Å². The molecule has 0 heterocycles. The molecule has 0 spiro atoms. The van der Waals surface area contributed by atoms with Crippen molar-refractivity contribution in [2.75, 3.05) is 6.54 Å². The molecule has 0 unspecified atom stereocenters. The minimum Gasteiger partial charge on any atom is -1.00 e. The fourth-order valence-corrected chi connectivity index (χ4v) is 3.81. The minimum atomic E-state index is 0. The molecular weight excluding hydrogens is 394 g/mol. The highest BCUT2D eigenvalue weighted by Crippen LogP contribution is 2.25. The van der Waals surface area contributed by atoms with Gasteiger partial charge >= 0.3 is 0 Å². The predicted molar refractivity (Wildman–Crippen MR) is 110 cm³/mol. The molecule has 0 radical (unpaired) electrons. The van der Waals surface area contributed by atoms with Crippen LogP contribution in [-0.2, 0) is 19.6 Å². The van der Waals surface area contributed by atoms with Crippen molar-refractivity contribution in [1.29, 1.82) is 0 Å². The second kappa shape index (κ2) is 11.1. The molecule has 27 heavy (non-hydrogen) atoms. The van der Waals surface area contributed by atoms with Crippen LogP contribution in [0.1, 0.15) is 36.5 Å². The first-order chi connectivity index (χ1) is 12.8. The highest BCUT2D eigenvalue weighted by atomic mass is 79.9. The molecule has 0 fully saturated rings. The van der Waals surface area contributed by atoms with Crippen LogP contribution in [0.5, 0.6) is 0 Å². The topological polar surface area (TPSA) is 0 Å². The minimum absolute atomic E-state index is 0. The zero-order valence-corrected chi connectivity index (χ0v) is 17.8. The summed E-state index contributed by atoms with van der Waals surface area (Å²) in [5.41, 5.74) is 4.28. The normalized spacial score (nSPS) is 11.0. The Balaban J connectivity index is 0.00000261. The molecule has 3 rings (SSSR count). The Morgan fingerprint density at radius 3 is 1.19 bits per heavy atom. The lowest BCUT2D eigenvalue weighted by Crippen LogP contribution is -3.00. The van der Waals surface area contributed by atoms with Crippen LogP contribution >= 0.6 is 0 Å². The van der Waals surface area contributed by atoms with E-state index in [4.69, 9.17) is 0 Å². The van der Waals surface area contributed by atoms with Crippen molar-refractivity contribution in [2.45, 2.75) is 39.4 Å². The number of halogens is 1. The largest absolute Gasteiger partial charge is 1.00 e. The van der Waals surface area contributed by atoms with Crippen molar-refractivity contribution in [3.05, 3.63) is 108 Å². The van der Waals surface area contributed by atoms with Gasteiger partial charge in [0.25, 0.3) is 0 Å². The molecule has 3 aromatic rings. The SMILES string of the molecule is CCCC[N+](Cc1ccccc1)(Cc1ccccc1)Cc1ccccc1.[Br-]. The van der Waals surface area contributed by atoms with Gasteiger partial charge in [-0.1, -0.05) is 104 Å². The molecule has 0 amide bonds. The van der Waals surface area contributed by atoms with E-state index in [9.17, 15) is 0 Å². The van der Waals surface area contributed by atoms with E-state index in [-0.39, 0.29) is 17.0 Å². The molecular formula is C25H30BrN. The molecule has 0 N–H and O–H groups in total. The molecule has 3 aromatic carbocycles. The number of nitrogens with zero attached hydrogens (tertiary/aromatic N) is 1. The maximum atomic E-state index is 2.29. The average Bonchev–Trinajstić information content (AvgIpc) is 2.69. The Labute approximate surface area is 175 Å². The highest BCUT2D eigenvalue weighted by molar-refractivity contribution is 5.17. The van der Waals surface area contributed by atoms with Gasteiger partial charge in [-0.25, -0.2) is 0 Å². The molecule has 0 saturated carbocycles. The molecule has 2 heteroatoms. The van der Waals surface area contributed by atoms with Crippen LogP contribution in [0.2, 0.25) is 0 Å². The fraction of sp³-hybridized carbons (Fsp3) is 0.280. The summed E-state index contributed by atoms with van der Waals surface area (Å²) in [5.74, 6) is 0. The first kappa shape index (κ1) is 21.4. The van der Waals surface area contributed by atoms with E-state index >= 15 is 0 Å². The van der Waals surface area contributed by atoms with E-state index in [1.54, 1.807) is 0 Å². The first-order valence-corrected chi connectivity index (χ1v) is 9.76. The molecule has 0 bridgehead atoms. The summed E-state index contributed by atoms with van der Waals surface area (Å²) in [6, 6.07) is 32.9. The predicted octanol–water partition coefficient (Wildman–Crippen LogP) is 3.21. The van der Waals surface area contributed by atoms with Crippen LogP contribution in [0.4, 0.5) is 0 Å². The van der Waals surface area contributed by atoms with E-state index in [0.29, 0.717) is 0 Å². The number of unbranched alkanes of at least 4 members (excludes halogenated alkanes) is 1. The van der Waals surface area contributed by atoms with Gasteiger partial charge in [-0.2, -0.15) is 0 Å². The number of hydrogen-bond donors (Lipinski definition) is 0. The van der Waals surface area contributed by atoms with Crippen molar-refractivity contribution in [3.8, 4) is 0 Å². The quantitative estimate of drug-likeness (QED) is 0.463. The van der Waals surface area contributed by atoms with Crippen LogP contribution in [-0.4, -0.2) is 11.0 Å². The third-order valence-electron chi connectivity index (χ3n) is 5.07. The second-order valence-electron chi connectivity index (χ2n) is 7.35. The van der Waals surface area contributed by atoms with Gasteiger partial charge in [0.05, 0.1) is 6.54 Å². The lowest BCUT2D eigenvalue weighted by molar-refractivity contribution is -0.966. The standard InChI is InChI=1S/C25H30N.BrH/c1-2-3-19-26(20-23-13-7-4-8-14-23,21-24-15-9-5-10-16-24)22-25-17-11-6-12-18-25;/h4-18H,2-3,19-22H2,1H3;1H/q+1;/p-1. The molecule has 0 aromatic heterocycles. The summed E-state index contributed by atoms with van der Waals surface area (Å²) in [6.07, 6.45) is 2.49. The Hall–Kier alpha value is -1.90. The van der Waals surface area contributed by atoms with Gasteiger partial charge in [-0.05, 0) is 6.42 Å². The number of hydrogen-bond acceptors (Lipinski definition) is 0. The zero-order valence-electron chi connectivity index (χ0n) is 16.2. The number of rotatable bonds is 9. The van der Waals surface area contributed by atoms with Crippen LogP contribution in [0.15, 0.2) is 91.0 Å². The van der Waals surface area contributed by atoms with Gasteiger partial charge in [0.15, 0.2) is 0 Å². The molecule has 0 saturated heterocycles. The van der Waals surface area contributed by atoms with Crippen molar-refractivity contribution in [3.63, 3.8) is 0 Å². The van der Waals surface area contributed by atoms with Crippen molar-refractivity contribution < 1.29 is 21.5 Å². The first-order valence-electron chi connectivity index (χ1n) is 9.76. The van der Waals surface area contributed by atoms with Gasteiger partial charge in [0.2, 0.25) is 0 Å². The van der Waals surface area contributed by atoms with Gasteiger partial charge in [0, 0.05) is 16.7 Å². The molecule has 1 nitrogen and oxygen atoms in total. The Morgan fingerprint density at radius 2 is 0.889 bits per heavy atom. The highest BCUT2D eigenvalue weighted by Gasteiger charge is 2.28. The summed E-state index contributed by atoms with van der Waals surface area (Å²) in [6.45, 7) is 6.72. The van der Waals surface area contributed by atoms with Crippen LogP contribution < -0.4 is 17.0 Å². The third kappa shape index (κ3) is 6.64. The zero-order chi connectivity index (χ0) is 18.1. The smallest absolute Gasteiger partial charge is 0.105 e. The Kier molecular flexibility index (Phi) is 8.77. The maximum absolute atomic E-state index is 2.29. The lowest BCUT2D eigenvalue weighted by Gasteiger charge is -2.39. The van der Waals surface area contributed by atoms with Crippen LogP contribution in [0.25, 0.3) is 0 Å². The molecule has 0 aliphatic carbocycles. The number of benzene rings is 3. The van der Waals surface area contributed by atoms with Gasteiger partial charge in [-0.3, -0.25) is 0 Å². The second-order valence-corrected chi connectivity index (χ2v) is 7.35. The van der Waals surface area contributed by atoms with Crippen molar-refractivity contribution in [2.24, 2.45) is 0 Å². The summed E-state index contributed by atoms with van der Waals surface area (Å²) >= 11 is 0. The average molecular weight is 424 g/mol. The van der Waals surface area contributed by atoms with Crippen molar-refractivity contribution in [1.82, 2.24) is 0 Å². The summed E-state index contributed by atoms with van der Waals surface area (Å²) in [4.78, 5) is 0. The summed E-state index contributed by atoms with van der Waals surface area (Å²) < 4.78 is 1.08. The third-order valence-corrected chi connectivity index (χ3v) is 5.07. The van der Waals surface area contributed by atoms with Gasteiger partial charge < -0.3 is 21.5 Å². The molecule has 0 aliphatic heterocycles. The summed E-state index contributed by atoms with van der Waals surface area (Å²) in [5, 5.41) is 0. The molecule has 142 valence electrons. The van der Waals surface area contributed by atoms with E-state index < -0.39 is 0 Å².